The Morgan fingerprint density at radius 3 is 2.81 bits per heavy atom. The topological polar surface area (TPSA) is 43.6 Å². The molecule has 0 unspecified atom stereocenters. The summed E-state index contributed by atoms with van der Waals surface area (Å²) in [5.74, 6) is 0.494. The standard InChI is InChI=1S/C16H16N2O2S/c1-3-11-20-14-7-4-13(5-8-14)6-9-15(19)17-16-18(2)10-12-21-16/h3-10,12H,1,11H2,2H3. The predicted molar refractivity (Wildman–Crippen MR) is 85.0 cm³/mol. The third-order valence-electron chi connectivity index (χ3n) is 2.63. The number of hydrogen-bond acceptors (Lipinski definition) is 3. The second kappa shape index (κ2) is 7.40. The van der Waals surface area contributed by atoms with Gasteiger partial charge in [-0.3, -0.25) is 4.79 Å². The highest BCUT2D eigenvalue weighted by molar-refractivity contribution is 7.07. The summed E-state index contributed by atoms with van der Waals surface area (Å²) < 4.78 is 7.20. The number of rotatable bonds is 5. The molecule has 0 spiro atoms. The minimum Gasteiger partial charge on any atom is -0.490 e. The number of aryl methyl sites for hydroxylation is 1. The molecule has 21 heavy (non-hydrogen) atoms. The van der Waals surface area contributed by atoms with Crippen molar-refractivity contribution >= 4 is 23.3 Å². The summed E-state index contributed by atoms with van der Waals surface area (Å²) in [5.41, 5.74) is 0.917. The summed E-state index contributed by atoms with van der Waals surface area (Å²) in [4.78, 5) is 16.4. The normalized spacial score (nSPS) is 11.8. The second-order valence-electron chi connectivity index (χ2n) is 4.25. The summed E-state index contributed by atoms with van der Waals surface area (Å²) in [6, 6.07) is 7.47. The van der Waals surface area contributed by atoms with Crippen LogP contribution in [0.1, 0.15) is 5.56 Å². The molecule has 0 aliphatic heterocycles. The molecule has 1 aromatic heterocycles. The van der Waals surface area contributed by atoms with Crippen LogP contribution in [0.25, 0.3) is 6.08 Å². The first kappa shape index (κ1) is 15.0. The molecule has 0 aliphatic rings. The van der Waals surface area contributed by atoms with Gasteiger partial charge in [-0.2, -0.15) is 4.99 Å². The zero-order valence-electron chi connectivity index (χ0n) is 11.7. The highest BCUT2D eigenvalue weighted by atomic mass is 32.1. The van der Waals surface area contributed by atoms with Gasteiger partial charge in [0.2, 0.25) is 0 Å². The second-order valence-corrected chi connectivity index (χ2v) is 5.12. The van der Waals surface area contributed by atoms with Gasteiger partial charge in [-0.1, -0.05) is 24.8 Å². The van der Waals surface area contributed by atoms with Crippen LogP contribution < -0.4 is 9.54 Å². The Morgan fingerprint density at radius 1 is 1.43 bits per heavy atom. The smallest absolute Gasteiger partial charge is 0.272 e. The molecule has 1 heterocycles. The van der Waals surface area contributed by atoms with E-state index in [1.807, 2.05) is 47.5 Å². The van der Waals surface area contributed by atoms with Crippen molar-refractivity contribution in [2.45, 2.75) is 0 Å². The molecule has 0 bridgehead atoms. The van der Waals surface area contributed by atoms with E-state index in [2.05, 4.69) is 11.6 Å². The SMILES string of the molecule is C=CCOc1ccc(C=CC(=O)N=c2sccn2C)cc1. The monoisotopic (exact) mass is 300 g/mol. The van der Waals surface area contributed by atoms with Gasteiger partial charge in [0, 0.05) is 24.7 Å². The quantitative estimate of drug-likeness (QED) is 0.629. The Kier molecular flexibility index (Phi) is 5.29. The first-order chi connectivity index (χ1) is 10.2. The Bertz CT molecular complexity index is 708. The summed E-state index contributed by atoms with van der Waals surface area (Å²) in [7, 11) is 1.86. The summed E-state index contributed by atoms with van der Waals surface area (Å²) >= 11 is 1.43. The van der Waals surface area contributed by atoms with Crippen molar-refractivity contribution < 1.29 is 9.53 Å². The van der Waals surface area contributed by atoms with Gasteiger partial charge in [0.05, 0.1) is 0 Å². The third kappa shape index (κ3) is 4.57. The van der Waals surface area contributed by atoms with Gasteiger partial charge in [-0.05, 0) is 23.8 Å². The Balaban J connectivity index is 2.02. The lowest BCUT2D eigenvalue weighted by molar-refractivity contribution is -0.113. The number of nitrogens with zero attached hydrogens (tertiary/aromatic N) is 2. The van der Waals surface area contributed by atoms with Gasteiger partial charge < -0.3 is 9.30 Å². The average molecular weight is 300 g/mol. The van der Waals surface area contributed by atoms with E-state index in [4.69, 9.17) is 4.74 Å². The van der Waals surface area contributed by atoms with E-state index < -0.39 is 0 Å². The van der Waals surface area contributed by atoms with Crippen LogP contribution in [0.4, 0.5) is 0 Å². The first-order valence-corrected chi connectivity index (χ1v) is 7.27. The first-order valence-electron chi connectivity index (χ1n) is 6.39. The van der Waals surface area contributed by atoms with E-state index in [1.165, 1.54) is 17.4 Å². The van der Waals surface area contributed by atoms with Crippen molar-refractivity contribution in [2.24, 2.45) is 12.0 Å². The molecule has 0 radical (unpaired) electrons. The predicted octanol–water partition coefficient (Wildman–Crippen LogP) is 2.79. The number of carbonyl (C=O) groups is 1. The van der Waals surface area contributed by atoms with Crippen LogP contribution in [-0.2, 0) is 11.8 Å². The fourth-order valence-electron chi connectivity index (χ4n) is 1.56. The maximum Gasteiger partial charge on any atom is 0.272 e. The lowest BCUT2D eigenvalue weighted by Gasteiger charge is -2.02. The van der Waals surface area contributed by atoms with Crippen LogP contribution in [0.15, 0.2) is 59.6 Å². The average Bonchev–Trinajstić information content (AvgIpc) is 2.89. The van der Waals surface area contributed by atoms with Gasteiger partial charge in [0.25, 0.3) is 5.91 Å². The van der Waals surface area contributed by atoms with Crippen molar-refractivity contribution in [1.82, 2.24) is 4.57 Å². The lowest BCUT2D eigenvalue weighted by Crippen LogP contribution is -2.11. The maximum atomic E-state index is 11.7. The molecular formula is C16H16N2O2S. The molecule has 2 aromatic rings. The van der Waals surface area contributed by atoms with E-state index in [-0.39, 0.29) is 5.91 Å². The molecule has 108 valence electrons. The minimum absolute atomic E-state index is 0.278. The fourth-order valence-corrected chi connectivity index (χ4v) is 2.30. The van der Waals surface area contributed by atoms with Gasteiger partial charge in [-0.25, -0.2) is 0 Å². The van der Waals surface area contributed by atoms with E-state index in [1.54, 1.807) is 12.2 Å². The molecule has 5 heteroatoms. The number of hydrogen-bond donors (Lipinski definition) is 0. The minimum atomic E-state index is -0.278. The third-order valence-corrected chi connectivity index (χ3v) is 3.48. The van der Waals surface area contributed by atoms with Gasteiger partial charge in [0.15, 0.2) is 4.80 Å². The molecule has 1 aromatic carbocycles. The number of ether oxygens (including phenoxy) is 1. The Morgan fingerprint density at radius 2 is 2.19 bits per heavy atom. The highest BCUT2D eigenvalue weighted by Gasteiger charge is 1.96. The van der Waals surface area contributed by atoms with E-state index >= 15 is 0 Å². The maximum absolute atomic E-state index is 11.7. The summed E-state index contributed by atoms with van der Waals surface area (Å²) in [6.07, 6.45) is 6.75. The molecule has 0 N–H and O–H groups in total. The van der Waals surface area contributed by atoms with Crippen LogP contribution in [0, 0.1) is 0 Å². The van der Waals surface area contributed by atoms with Gasteiger partial charge in [-0.15, -0.1) is 11.3 Å². The van der Waals surface area contributed by atoms with E-state index in [0.29, 0.717) is 11.4 Å². The molecule has 0 aliphatic carbocycles. The van der Waals surface area contributed by atoms with Gasteiger partial charge >= 0.3 is 0 Å². The summed E-state index contributed by atoms with van der Waals surface area (Å²) in [5, 5.41) is 1.89. The van der Waals surface area contributed by atoms with Gasteiger partial charge in [0.1, 0.15) is 12.4 Å². The number of thiazole rings is 1. The molecule has 4 nitrogen and oxygen atoms in total. The number of carbonyl (C=O) groups excluding carboxylic acids is 1. The van der Waals surface area contributed by atoms with E-state index in [9.17, 15) is 4.79 Å². The van der Waals surface area contributed by atoms with Crippen molar-refractivity contribution in [3.63, 3.8) is 0 Å². The van der Waals surface area contributed by atoms with Crippen molar-refractivity contribution in [3.05, 3.63) is 64.9 Å². The zero-order valence-corrected chi connectivity index (χ0v) is 12.5. The molecule has 0 saturated heterocycles. The van der Waals surface area contributed by atoms with Crippen LogP contribution >= 0.6 is 11.3 Å². The largest absolute Gasteiger partial charge is 0.490 e. The Labute approximate surface area is 127 Å². The number of amides is 1. The molecule has 0 atom stereocenters. The van der Waals surface area contributed by atoms with E-state index in [0.717, 1.165) is 11.3 Å². The molecular weight excluding hydrogens is 284 g/mol. The number of aromatic nitrogens is 1. The van der Waals surface area contributed by atoms with Crippen molar-refractivity contribution in [2.75, 3.05) is 6.61 Å². The molecule has 2 rings (SSSR count). The lowest BCUT2D eigenvalue weighted by atomic mass is 10.2. The molecule has 0 fully saturated rings. The van der Waals surface area contributed by atoms with Crippen molar-refractivity contribution in [3.8, 4) is 5.75 Å². The highest BCUT2D eigenvalue weighted by Crippen LogP contribution is 2.13. The van der Waals surface area contributed by atoms with Crippen molar-refractivity contribution in [1.29, 1.82) is 0 Å². The Hall–Kier alpha value is -2.40. The van der Waals surface area contributed by atoms with Crippen LogP contribution in [0.2, 0.25) is 0 Å². The van der Waals surface area contributed by atoms with Crippen LogP contribution in [0.5, 0.6) is 5.75 Å². The van der Waals surface area contributed by atoms with Crippen LogP contribution in [0.3, 0.4) is 0 Å². The fraction of sp³-hybridized carbons (Fsp3) is 0.125. The van der Waals surface area contributed by atoms with Crippen LogP contribution in [-0.4, -0.2) is 17.1 Å². The molecule has 1 amide bonds. The number of benzene rings is 1. The zero-order chi connectivity index (χ0) is 15.1. The molecule has 0 saturated carbocycles. The summed E-state index contributed by atoms with van der Waals surface area (Å²) in [6.45, 7) is 4.07.